The molecule has 2 N–H and O–H groups in total. The highest BCUT2D eigenvalue weighted by Gasteiger charge is 2.30. The molecule has 0 bridgehead atoms. The van der Waals surface area contributed by atoms with Gasteiger partial charge in [-0.1, -0.05) is 32.6 Å². The first-order chi connectivity index (χ1) is 7.68. The summed E-state index contributed by atoms with van der Waals surface area (Å²) in [6.45, 7) is 4.31. The molecular weight excluding hydrogens is 198 g/mol. The van der Waals surface area contributed by atoms with Crippen molar-refractivity contribution in [1.29, 1.82) is 0 Å². The van der Waals surface area contributed by atoms with E-state index in [4.69, 9.17) is 0 Å². The van der Waals surface area contributed by atoms with Crippen LogP contribution < -0.4 is 5.32 Å². The Hall–Kier alpha value is -0.0800. The van der Waals surface area contributed by atoms with Crippen molar-refractivity contribution in [2.24, 2.45) is 11.8 Å². The normalized spacial score (nSPS) is 34.1. The van der Waals surface area contributed by atoms with E-state index in [1.807, 2.05) is 0 Å². The van der Waals surface area contributed by atoms with E-state index in [-0.39, 0.29) is 5.60 Å². The van der Waals surface area contributed by atoms with Gasteiger partial charge in [-0.15, -0.1) is 0 Å². The summed E-state index contributed by atoms with van der Waals surface area (Å²) in [5.41, 5.74) is -0.375. The second-order valence-corrected chi connectivity index (χ2v) is 6.20. The van der Waals surface area contributed by atoms with Crippen molar-refractivity contribution in [1.82, 2.24) is 5.32 Å². The fourth-order valence-corrected chi connectivity index (χ4v) is 3.46. The molecule has 0 saturated heterocycles. The maximum absolute atomic E-state index is 10.2. The van der Waals surface area contributed by atoms with Crippen LogP contribution in [0.1, 0.15) is 58.3 Å². The summed E-state index contributed by atoms with van der Waals surface area (Å²) in [5, 5.41) is 13.7. The molecular formula is C14H27NO. The molecule has 2 rings (SSSR count). The third-order valence-electron chi connectivity index (χ3n) is 4.47. The van der Waals surface area contributed by atoms with Gasteiger partial charge in [0.1, 0.15) is 0 Å². The van der Waals surface area contributed by atoms with Gasteiger partial charge in [0.15, 0.2) is 0 Å². The molecule has 0 aromatic heterocycles. The van der Waals surface area contributed by atoms with Gasteiger partial charge in [-0.3, -0.25) is 0 Å². The summed E-state index contributed by atoms with van der Waals surface area (Å²) in [6.07, 6.45) is 10.00. The molecule has 2 saturated carbocycles. The van der Waals surface area contributed by atoms with Gasteiger partial charge >= 0.3 is 0 Å². The average Bonchev–Trinajstić information content (AvgIpc) is 2.65. The molecule has 94 valence electrons. The van der Waals surface area contributed by atoms with Crippen LogP contribution in [0.25, 0.3) is 0 Å². The summed E-state index contributed by atoms with van der Waals surface area (Å²) in [4.78, 5) is 0. The van der Waals surface area contributed by atoms with Gasteiger partial charge in [0.25, 0.3) is 0 Å². The van der Waals surface area contributed by atoms with E-state index in [1.54, 1.807) is 0 Å². The quantitative estimate of drug-likeness (QED) is 0.771. The minimum Gasteiger partial charge on any atom is -0.389 e. The van der Waals surface area contributed by atoms with Crippen molar-refractivity contribution >= 4 is 0 Å². The van der Waals surface area contributed by atoms with Crippen molar-refractivity contribution in [3.05, 3.63) is 0 Å². The Kier molecular flexibility index (Phi) is 4.26. The van der Waals surface area contributed by atoms with E-state index in [0.717, 1.165) is 37.8 Å². The fourth-order valence-electron chi connectivity index (χ4n) is 3.46. The molecule has 2 atom stereocenters. The maximum Gasteiger partial charge on any atom is 0.0771 e. The Morgan fingerprint density at radius 3 is 2.62 bits per heavy atom. The van der Waals surface area contributed by atoms with Gasteiger partial charge < -0.3 is 10.4 Å². The average molecular weight is 225 g/mol. The molecule has 0 spiro atoms. The summed E-state index contributed by atoms with van der Waals surface area (Å²) in [5.74, 6) is 1.77. The lowest BCUT2D eigenvalue weighted by atomic mass is 9.82. The summed E-state index contributed by atoms with van der Waals surface area (Å²) in [6, 6.07) is 0. The number of nitrogens with one attached hydrogen (secondary N) is 1. The zero-order chi connectivity index (χ0) is 11.4. The lowest BCUT2D eigenvalue weighted by Crippen LogP contribution is -2.40. The predicted molar refractivity (Wildman–Crippen MR) is 67.4 cm³/mol. The minimum absolute atomic E-state index is 0.375. The SMILES string of the molecule is CC1CCCC(CNCC2(O)CCCC2)C1. The van der Waals surface area contributed by atoms with Crippen LogP contribution in [0.15, 0.2) is 0 Å². The Morgan fingerprint density at radius 1 is 1.19 bits per heavy atom. The first kappa shape index (κ1) is 12.4. The Morgan fingerprint density at radius 2 is 1.94 bits per heavy atom. The van der Waals surface area contributed by atoms with Gasteiger partial charge in [-0.05, 0) is 44.1 Å². The zero-order valence-corrected chi connectivity index (χ0v) is 10.7. The van der Waals surface area contributed by atoms with Crippen molar-refractivity contribution in [3.63, 3.8) is 0 Å². The molecule has 0 aromatic rings. The second kappa shape index (κ2) is 5.50. The summed E-state index contributed by atoms with van der Waals surface area (Å²) >= 11 is 0. The van der Waals surface area contributed by atoms with Crippen molar-refractivity contribution in [3.8, 4) is 0 Å². The van der Waals surface area contributed by atoms with Crippen LogP contribution in [0.5, 0.6) is 0 Å². The standard InChI is InChI=1S/C14H27NO/c1-12-5-4-6-13(9-12)10-15-11-14(16)7-2-3-8-14/h12-13,15-16H,2-11H2,1H3. The molecule has 0 aromatic carbocycles. The van der Waals surface area contributed by atoms with Gasteiger partial charge in [-0.25, -0.2) is 0 Å². The van der Waals surface area contributed by atoms with Crippen molar-refractivity contribution < 1.29 is 5.11 Å². The third-order valence-corrected chi connectivity index (χ3v) is 4.47. The van der Waals surface area contributed by atoms with Crippen LogP contribution in [-0.4, -0.2) is 23.8 Å². The van der Waals surface area contributed by atoms with E-state index >= 15 is 0 Å². The predicted octanol–water partition coefficient (Wildman–Crippen LogP) is 2.71. The molecule has 0 aliphatic heterocycles. The number of rotatable bonds is 4. The Bertz CT molecular complexity index is 211. The van der Waals surface area contributed by atoms with E-state index in [2.05, 4.69) is 12.2 Å². The minimum atomic E-state index is -0.375. The van der Waals surface area contributed by atoms with E-state index in [0.29, 0.717) is 0 Å². The van der Waals surface area contributed by atoms with Crippen LogP contribution in [-0.2, 0) is 0 Å². The molecule has 0 amide bonds. The molecule has 2 nitrogen and oxygen atoms in total. The second-order valence-electron chi connectivity index (χ2n) is 6.20. The van der Waals surface area contributed by atoms with E-state index < -0.39 is 0 Å². The topological polar surface area (TPSA) is 32.3 Å². The Balaban J connectivity index is 1.63. The zero-order valence-electron chi connectivity index (χ0n) is 10.7. The maximum atomic E-state index is 10.2. The molecule has 16 heavy (non-hydrogen) atoms. The van der Waals surface area contributed by atoms with E-state index in [1.165, 1.54) is 38.5 Å². The van der Waals surface area contributed by atoms with Gasteiger partial charge in [-0.2, -0.15) is 0 Å². The highest BCUT2D eigenvalue weighted by atomic mass is 16.3. The molecule has 2 aliphatic carbocycles. The fraction of sp³-hybridized carbons (Fsp3) is 1.00. The summed E-state index contributed by atoms with van der Waals surface area (Å²) < 4.78 is 0. The van der Waals surface area contributed by atoms with Crippen LogP contribution in [0, 0.1) is 11.8 Å². The monoisotopic (exact) mass is 225 g/mol. The molecule has 2 fully saturated rings. The third kappa shape index (κ3) is 3.46. The van der Waals surface area contributed by atoms with Crippen molar-refractivity contribution in [2.75, 3.05) is 13.1 Å². The summed E-state index contributed by atoms with van der Waals surface area (Å²) in [7, 11) is 0. The largest absolute Gasteiger partial charge is 0.389 e. The van der Waals surface area contributed by atoms with Crippen LogP contribution >= 0.6 is 0 Å². The first-order valence-corrected chi connectivity index (χ1v) is 7.11. The number of aliphatic hydroxyl groups is 1. The molecule has 2 heteroatoms. The van der Waals surface area contributed by atoms with Crippen LogP contribution in [0.2, 0.25) is 0 Å². The van der Waals surface area contributed by atoms with Crippen LogP contribution in [0.3, 0.4) is 0 Å². The number of hydrogen-bond donors (Lipinski definition) is 2. The highest BCUT2D eigenvalue weighted by molar-refractivity contribution is 4.86. The lowest BCUT2D eigenvalue weighted by molar-refractivity contribution is 0.0461. The molecule has 2 aliphatic rings. The molecule has 0 heterocycles. The van der Waals surface area contributed by atoms with Crippen molar-refractivity contribution in [2.45, 2.75) is 63.9 Å². The first-order valence-electron chi connectivity index (χ1n) is 7.11. The highest BCUT2D eigenvalue weighted by Crippen LogP contribution is 2.30. The van der Waals surface area contributed by atoms with Gasteiger partial charge in [0.2, 0.25) is 0 Å². The lowest BCUT2D eigenvalue weighted by Gasteiger charge is -2.29. The molecule has 2 unspecified atom stereocenters. The number of hydrogen-bond acceptors (Lipinski definition) is 2. The van der Waals surface area contributed by atoms with E-state index in [9.17, 15) is 5.11 Å². The smallest absolute Gasteiger partial charge is 0.0771 e. The van der Waals surface area contributed by atoms with Crippen LogP contribution in [0.4, 0.5) is 0 Å². The van der Waals surface area contributed by atoms with Gasteiger partial charge in [0, 0.05) is 6.54 Å². The van der Waals surface area contributed by atoms with Gasteiger partial charge in [0.05, 0.1) is 5.60 Å². The molecule has 0 radical (unpaired) electrons. The Labute approximate surface area is 99.8 Å².